The minimum atomic E-state index is -3.87. The third kappa shape index (κ3) is 5.70. The average Bonchev–Trinajstić information content (AvgIpc) is 3.46. The van der Waals surface area contributed by atoms with Crippen LogP contribution in [0, 0.1) is 12.3 Å². The van der Waals surface area contributed by atoms with Crippen LogP contribution in [0.25, 0.3) is 0 Å². The SMILES string of the molecule is CCN(CC)S(=O)(=O)c1sc(C)c(Nc2n[s+]([O-])nc2N[C@@H](c2cc(C(C)C)co2)C(C)(C)C)c1O. The molecule has 3 rings (SSSR count). The third-order valence-corrected chi connectivity index (χ3v) is 10.2. The smallest absolute Gasteiger partial charge is 0.256 e. The van der Waals surface area contributed by atoms with Crippen molar-refractivity contribution in [3.63, 3.8) is 0 Å². The number of sulfonamides is 1. The summed E-state index contributed by atoms with van der Waals surface area (Å²) in [5.74, 6) is 0.969. The number of furan rings is 1. The van der Waals surface area contributed by atoms with Crippen LogP contribution >= 0.6 is 22.5 Å². The first-order valence-corrected chi connectivity index (χ1v) is 15.1. The van der Waals surface area contributed by atoms with Crippen LogP contribution < -0.4 is 10.6 Å². The monoisotopic (exact) mass is 557 g/mol. The molecule has 0 saturated carbocycles. The van der Waals surface area contributed by atoms with E-state index in [2.05, 4.69) is 33.2 Å². The summed E-state index contributed by atoms with van der Waals surface area (Å²) >= 11 is -0.912. The van der Waals surface area contributed by atoms with Gasteiger partial charge in [0.2, 0.25) is 11.6 Å². The van der Waals surface area contributed by atoms with Gasteiger partial charge in [0.15, 0.2) is 21.1 Å². The van der Waals surface area contributed by atoms with E-state index < -0.39 is 26.9 Å². The normalized spacial score (nSPS) is 14.0. The minimum Gasteiger partial charge on any atom is -0.546 e. The second-order valence-electron chi connectivity index (χ2n) is 9.87. The molecular weight excluding hydrogens is 522 g/mol. The summed E-state index contributed by atoms with van der Waals surface area (Å²) in [6, 6.07) is 1.66. The maximum absolute atomic E-state index is 13.0. The zero-order valence-corrected chi connectivity index (χ0v) is 24.3. The second kappa shape index (κ2) is 10.7. The Morgan fingerprint density at radius 3 is 2.36 bits per heavy atom. The van der Waals surface area contributed by atoms with Crippen molar-refractivity contribution in [3.8, 4) is 5.75 Å². The number of anilines is 3. The quantitative estimate of drug-likeness (QED) is 0.257. The first-order chi connectivity index (χ1) is 16.7. The van der Waals surface area contributed by atoms with Gasteiger partial charge >= 0.3 is 0 Å². The largest absolute Gasteiger partial charge is 0.546 e. The van der Waals surface area contributed by atoms with Crippen molar-refractivity contribution in [2.75, 3.05) is 23.7 Å². The number of nitrogens with zero attached hydrogens (tertiary/aromatic N) is 3. The Bertz CT molecular complexity index is 1300. The van der Waals surface area contributed by atoms with Crippen LogP contribution in [0.15, 0.2) is 21.0 Å². The van der Waals surface area contributed by atoms with Crippen molar-refractivity contribution in [1.82, 2.24) is 13.1 Å². The predicted molar refractivity (Wildman–Crippen MR) is 143 cm³/mol. The molecule has 0 aliphatic rings. The van der Waals surface area contributed by atoms with Crippen LogP contribution in [0.5, 0.6) is 5.75 Å². The van der Waals surface area contributed by atoms with Crippen molar-refractivity contribution in [2.24, 2.45) is 5.41 Å². The van der Waals surface area contributed by atoms with E-state index in [9.17, 15) is 18.1 Å². The van der Waals surface area contributed by atoms with Crippen molar-refractivity contribution >= 4 is 49.8 Å². The molecule has 36 heavy (non-hydrogen) atoms. The van der Waals surface area contributed by atoms with Crippen molar-refractivity contribution in [2.45, 2.75) is 71.6 Å². The van der Waals surface area contributed by atoms with Gasteiger partial charge in [-0.15, -0.1) is 11.3 Å². The first-order valence-electron chi connectivity index (χ1n) is 11.7. The standard InChI is InChI=1S/C23H35N5O5S3/c1-9-28(10-2)36(31,32)22-18(29)17(14(5)34-22)24-20-21(27-35(30)26-20)25-19(23(6,7)8)16-11-15(12-33-16)13(3)4/h11-13,19,29H,9-10H2,1-8H3,(H,24,26)(H,25,27)/t19-,35?/m0/s1. The molecule has 13 heteroatoms. The molecule has 3 aromatic rings. The van der Waals surface area contributed by atoms with E-state index in [0.29, 0.717) is 16.6 Å². The highest BCUT2D eigenvalue weighted by Crippen LogP contribution is 2.46. The number of aromatic nitrogens is 2. The van der Waals surface area contributed by atoms with Crippen molar-refractivity contribution in [3.05, 3.63) is 28.5 Å². The van der Waals surface area contributed by atoms with E-state index in [0.717, 1.165) is 16.9 Å². The third-order valence-electron chi connectivity index (χ3n) is 5.85. The first kappa shape index (κ1) is 28.4. The highest BCUT2D eigenvalue weighted by molar-refractivity contribution is 7.91. The fourth-order valence-corrected chi connectivity index (χ4v) is 7.47. The van der Waals surface area contributed by atoms with E-state index in [1.165, 1.54) is 4.31 Å². The summed E-state index contributed by atoms with van der Waals surface area (Å²) in [4.78, 5) is 0.540. The van der Waals surface area contributed by atoms with Gasteiger partial charge in [0.25, 0.3) is 10.0 Å². The predicted octanol–water partition coefficient (Wildman–Crippen LogP) is 5.97. The lowest BCUT2D eigenvalue weighted by molar-refractivity contribution is 0.303. The lowest BCUT2D eigenvalue weighted by atomic mass is 9.85. The van der Waals surface area contributed by atoms with Gasteiger partial charge in [-0.1, -0.05) is 48.5 Å². The second-order valence-corrected chi connectivity index (χ2v) is 14.1. The van der Waals surface area contributed by atoms with Gasteiger partial charge in [-0.2, -0.15) is 4.31 Å². The van der Waals surface area contributed by atoms with Crippen LogP contribution in [0.4, 0.5) is 17.3 Å². The molecule has 1 unspecified atom stereocenters. The molecule has 2 atom stereocenters. The molecule has 3 N–H and O–H groups in total. The summed E-state index contributed by atoms with van der Waals surface area (Å²) in [6.07, 6.45) is 1.73. The summed E-state index contributed by atoms with van der Waals surface area (Å²) in [6.45, 7) is 16.0. The number of rotatable bonds is 10. The van der Waals surface area contributed by atoms with Gasteiger partial charge in [0.1, 0.15) is 5.76 Å². The van der Waals surface area contributed by atoms with Crippen LogP contribution in [0.3, 0.4) is 0 Å². The van der Waals surface area contributed by atoms with Gasteiger partial charge in [-0.25, -0.2) is 8.42 Å². The Morgan fingerprint density at radius 2 is 1.83 bits per heavy atom. The maximum atomic E-state index is 13.0. The zero-order valence-electron chi connectivity index (χ0n) is 21.9. The van der Waals surface area contributed by atoms with Crippen molar-refractivity contribution in [1.29, 1.82) is 0 Å². The maximum Gasteiger partial charge on any atom is 0.256 e. The van der Waals surface area contributed by atoms with Crippen LogP contribution in [0.2, 0.25) is 0 Å². The van der Waals surface area contributed by atoms with E-state index >= 15 is 0 Å². The lowest BCUT2D eigenvalue weighted by Crippen LogP contribution is -2.30. The number of aryl methyl sites for hydroxylation is 1. The van der Waals surface area contributed by atoms with Crippen molar-refractivity contribution < 1.29 is 22.5 Å². The van der Waals surface area contributed by atoms with Gasteiger partial charge < -0.3 is 24.7 Å². The summed E-state index contributed by atoms with van der Waals surface area (Å²) < 4.78 is 53.5. The number of hydrogen-bond donors (Lipinski definition) is 3. The molecule has 200 valence electrons. The van der Waals surface area contributed by atoms with E-state index in [4.69, 9.17) is 4.42 Å². The summed E-state index contributed by atoms with van der Waals surface area (Å²) in [5, 5.41) is 17.1. The molecule has 0 radical (unpaired) electrons. The van der Waals surface area contributed by atoms with Gasteiger partial charge in [-0.3, -0.25) is 0 Å². The van der Waals surface area contributed by atoms with E-state index in [-0.39, 0.29) is 46.1 Å². The highest BCUT2D eigenvalue weighted by atomic mass is 32.2. The Balaban J connectivity index is 1.98. The fraction of sp³-hybridized carbons (Fsp3) is 0.565. The molecule has 0 fully saturated rings. The zero-order chi connectivity index (χ0) is 27.0. The van der Waals surface area contributed by atoms with E-state index in [1.807, 2.05) is 26.8 Å². The highest BCUT2D eigenvalue weighted by Gasteiger charge is 2.34. The molecule has 0 aromatic carbocycles. The summed E-state index contributed by atoms with van der Waals surface area (Å²) in [5.41, 5.74) is 0.936. The molecule has 3 aromatic heterocycles. The molecule has 0 aliphatic heterocycles. The average molecular weight is 558 g/mol. The number of thiophene rings is 1. The molecule has 0 amide bonds. The van der Waals surface area contributed by atoms with Crippen LogP contribution in [-0.2, 0) is 10.0 Å². The number of aromatic hydroxyl groups is 1. The molecule has 0 spiro atoms. The molecule has 0 saturated heterocycles. The van der Waals surface area contributed by atoms with E-state index in [1.54, 1.807) is 27.0 Å². The Morgan fingerprint density at radius 1 is 1.22 bits per heavy atom. The summed E-state index contributed by atoms with van der Waals surface area (Å²) in [7, 11) is -3.87. The Labute approximate surface area is 219 Å². The van der Waals surface area contributed by atoms with Gasteiger partial charge in [0.05, 0.1) is 18.0 Å². The fourth-order valence-electron chi connectivity index (χ4n) is 3.74. The molecule has 10 nitrogen and oxygen atoms in total. The van der Waals surface area contributed by atoms with Crippen LogP contribution in [-0.4, -0.2) is 44.2 Å². The Hall–Kier alpha value is -2.19. The minimum absolute atomic E-state index is 0.140. The topological polar surface area (TPSA) is 144 Å². The molecular formula is C23H35N5O5S3. The Kier molecular flexibility index (Phi) is 8.40. The van der Waals surface area contributed by atoms with Gasteiger partial charge in [-0.05, 0) is 29.9 Å². The lowest BCUT2D eigenvalue weighted by Gasteiger charge is -2.29. The molecule has 0 bridgehead atoms. The molecule has 3 heterocycles. The van der Waals surface area contributed by atoms with Gasteiger partial charge in [0, 0.05) is 26.7 Å². The molecule has 0 aliphatic carbocycles. The number of nitrogens with one attached hydrogen (secondary N) is 2. The number of hydrogen-bond acceptors (Lipinski definition) is 10. The van der Waals surface area contributed by atoms with Crippen LogP contribution in [0.1, 0.15) is 76.6 Å².